The van der Waals surface area contributed by atoms with E-state index in [9.17, 15) is 0 Å². The first-order valence-corrected chi connectivity index (χ1v) is 6.18. The lowest BCUT2D eigenvalue weighted by atomic mass is 10.1. The van der Waals surface area contributed by atoms with Gasteiger partial charge in [0.15, 0.2) is 0 Å². The Morgan fingerprint density at radius 1 is 1.44 bits per heavy atom. The first-order chi connectivity index (χ1) is 7.76. The molecule has 0 saturated heterocycles. The molecule has 0 atom stereocenters. The molecule has 2 rings (SSSR count). The predicted molar refractivity (Wildman–Crippen MR) is 67.4 cm³/mol. The Labute approximate surface area is 99.4 Å². The number of nitrogens with two attached hydrogens (primary N) is 1. The molecule has 0 unspecified atom stereocenters. The van der Waals surface area contributed by atoms with Crippen molar-refractivity contribution in [2.24, 2.45) is 5.73 Å². The number of aromatic nitrogens is 2. The van der Waals surface area contributed by atoms with Crippen LogP contribution < -0.4 is 5.73 Å². The minimum atomic E-state index is 0.553. The third-order valence-electron chi connectivity index (χ3n) is 2.55. The van der Waals surface area contributed by atoms with Crippen LogP contribution in [0.3, 0.4) is 0 Å². The van der Waals surface area contributed by atoms with Crippen LogP contribution in [0.1, 0.15) is 23.1 Å². The molecule has 0 aromatic carbocycles. The molecule has 2 aromatic rings. The van der Waals surface area contributed by atoms with Crippen molar-refractivity contribution in [1.29, 1.82) is 0 Å². The van der Waals surface area contributed by atoms with E-state index in [1.165, 1.54) is 5.56 Å². The van der Waals surface area contributed by atoms with Gasteiger partial charge in [-0.2, -0.15) is 0 Å². The molecule has 0 spiro atoms. The molecule has 0 aliphatic heterocycles. The van der Waals surface area contributed by atoms with E-state index in [2.05, 4.69) is 23.0 Å². The SMILES string of the molecule is CCc1cccnc1-c1nc(C)c(CN)s1. The Bertz CT molecular complexity index is 491. The van der Waals surface area contributed by atoms with E-state index >= 15 is 0 Å². The summed E-state index contributed by atoms with van der Waals surface area (Å²) >= 11 is 1.64. The molecule has 2 heterocycles. The van der Waals surface area contributed by atoms with E-state index in [1.54, 1.807) is 11.3 Å². The predicted octanol–water partition coefficient (Wildman–Crippen LogP) is 2.53. The second-order valence-corrected chi connectivity index (χ2v) is 4.68. The molecule has 0 aliphatic rings. The fourth-order valence-electron chi connectivity index (χ4n) is 1.64. The maximum atomic E-state index is 5.66. The van der Waals surface area contributed by atoms with Gasteiger partial charge in [0, 0.05) is 17.6 Å². The molecule has 0 saturated carbocycles. The van der Waals surface area contributed by atoms with Crippen LogP contribution in [0.4, 0.5) is 0 Å². The zero-order valence-corrected chi connectivity index (χ0v) is 10.3. The van der Waals surface area contributed by atoms with Crippen molar-refractivity contribution < 1.29 is 0 Å². The summed E-state index contributed by atoms with van der Waals surface area (Å²) in [7, 11) is 0. The van der Waals surface area contributed by atoms with E-state index in [0.29, 0.717) is 6.54 Å². The number of hydrogen-bond acceptors (Lipinski definition) is 4. The molecular weight excluding hydrogens is 218 g/mol. The van der Waals surface area contributed by atoms with Crippen molar-refractivity contribution in [1.82, 2.24) is 9.97 Å². The minimum Gasteiger partial charge on any atom is -0.326 e. The van der Waals surface area contributed by atoms with Crippen molar-refractivity contribution in [3.63, 3.8) is 0 Å². The first kappa shape index (κ1) is 11.2. The molecule has 16 heavy (non-hydrogen) atoms. The lowest BCUT2D eigenvalue weighted by Crippen LogP contribution is -1.94. The number of thiazole rings is 1. The Morgan fingerprint density at radius 3 is 2.88 bits per heavy atom. The fraction of sp³-hybridized carbons (Fsp3) is 0.333. The van der Waals surface area contributed by atoms with Gasteiger partial charge < -0.3 is 5.73 Å². The standard InChI is InChI=1S/C12H15N3S/c1-3-9-5-4-6-14-11(9)12-15-8(2)10(7-13)16-12/h4-6H,3,7,13H2,1-2H3. The summed E-state index contributed by atoms with van der Waals surface area (Å²) in [6.45, 7) is 4.68. The highest BCUT2D eigenvalue weighted by Crippen LogP contribution is 2.28. The van der Waals surface area contributed by atoms with Crippen LogP contribution in [-0.2, 0) is 13.0 Å². The Morgan fingerprint density at radius 2 is 2.25 bits per heavy atom. The highest BCUT2D eigenvalue weighted by Gasteiger charge is 2.11. The van der Waals surface area contributed by atoms with E-state index in [0.717, 1.165) is 27.7 Å². The van der Waals surface area contributed by atoms with Crippen LogP contribution in [0.15, 0.2) is 18.3 Å². The summed E-state index contributed by atoms with van der Waals surface area (Å²) in [6.07, 6.45) is 2.78. The lowest BCUT2D eigenvalue weighted by Gasteiger charge is -2.01. The van der Waals surface area contributed by atoms with Crippen LogP contribution in [0, 0.1) is 6.92 Å². The van der Waals surface area contributed by atoms with Gasteiger partial charge in [0.2, 0.25) is 0 Å². The van der Waals surface area contributed by atoms with Gasteiger partial charge in [-0.05, 0) is 25.0 Å². The Hall–Kier alpha value is -1.26. The third-order valence-corrected chi connectivity index (χ3v) is 3.74. The van der Waals surface area contributed by atoms with Gasteiger partial charge in [-0.25, -0.2) is 4.98 Å². The number of rotatable bonds is 3. The summed E-state index contributed by atoms with van der Waals surface area (Å²) in [5, 5.41) is 0.982. The largest absolute Gasteiger partial charge is 0.326 e. The van der Waals surface area contributed by atoms with Gasteiger partial charge in [-0.15, -0.1) is 11.3 Å². The number of nitrogens with zero attached hydrogens (tertiary/aromatic N) is 2. The van der Waals surface area contributed by atoms with Crippen LogP contribution in [-0.4, -0.2) is 9.97 Å². The zero-order valence-electron chi connectivity index (χ0n) is 9.53. The number of aryl methyl sites for hydroxylation is 2. The smallest absolute Gasteiger partial charge is 0.142 e. The quantitative estimate of drug-likeness (QED) is 0.886. The van der Waals surface area contributed by atoms with Crippen molar-refractivity contribution in [3.8, 4) is 10.7 Å². The Balaban J connectivity index is 2.49. The zero-order chi connectivity index (χ0) is 11.5. The van der Waals surface area contributed by atoms with Gasteiger partial charge in [-0.3, -0.25) is 4.98 Å². The second kappa shape index (κ2) is 4.72. The molecule has 0 amide bonds. The van der Waals surface area contributed by atoms with Gasteiger partial charge in [0.25, 0.3) is 0 Å². The maximum absolute atomic E-state index is 5.66. The third kappa shape index (κ3) is 1.99. The van der Waals surface area contributed by atoms with Crippen LogP contribution >= 0.6 is 11.3 Å². The summed E-state index contributed by atoms with van der Waals surface area (Å²) in [6, 6.07) is 4.06. The molecule has 0 fully saturated rings. The molecule has 2 aromatic heterocycles. The van der Waals surface area contributed by atoms with Crippen molar-refractivity contribution >= 4 is 11.3 Å². The average molecular weight is 233 g/mol. The van der Waals surface area contributed by atoms with E-state index in [1.807, 2.05) is 19.2 Å². The van der Waals surface area contributed by atoms with Gasteiger partial charge in [0.05, 0.1) is 5.69 Å². The molecule has 4 heteroatoms. The van der Waals surface area contributed by atoms with Crippen molar-refractivity contribution in [3.05, 3.63) is 34.5 Å². The second-order valence-electron chi connectivity index (χ2n) is 3.60. The molecule has 2 N–H and O–H groups in total. The molecule has 3 nitrogen and oxygen atoms in total. The maximum Gasteiger partial charge on any atom is 0.142 e. The summed E-state index contributed by atoms with van der Waals surface area (Å²) < 4.78 is 0. The van der Waals surface area contributed by atoms with Crippen LogP contribution in [0.25, 0.3) is 10.7 Å². The summed E-state index contributed by atoms with van der Waals surface area (Å²) in [5.74, 6) is 0. The monoisotopic (exact) mass is 233 g/mol. The van der Waals surface area contributed by atoms with Crippen molar-refractivity contribution in [2.75, 3.05) is 0 Å². The fourth-order valence-corrected chi connectivity index (χ4v) is 2.61. The lowest BCUT2D eigenvalue weighted by molar-refractivity contribution is 1.06. The highest BCUT2D eigenvalue weighted by molar-refractivity contribution is 7.15. The van der Waals surface area contributed by atoms with Crippen LogP contribution in [0.5, 0.6) is 0 Å². The minimum absolute atomic E-state index is 0.553. The van der Waals surface area contributed by atoms with Gasteiger partial charge in [0.1, 0.15) is 10.7 Å². The number of pyridine rings is 1. The van der Waals surface area contributed by atoms with Gasteiger partial charge >= 0.3 is 0 Å². The van der Waals surface area contributed by atoms with Gasteiger partial charge in [-0.1, -0.05) is 13.0 Å². The average Bonchev–Trinajstić information content (AvgIpc) is 2.70. The van der Waals surface area contributed by atoms with Crippen molar-refractivity contribution in [2.45, 2.75) is 26.8 Å². The summed E-state index contributed by atoms with van der Waals surface area (Å²) in [5.41, 5.74) is 8.92. The van der Waals surface area contributed by atoms with Crippen LogP contribution in [0.2, 0.25) is 0 Å². The first-order valence-electron chi connectivity index (χ1n) is 5.37. The molecule has 0 bridgehead atoms. The van der Waals surface area contributed by atoms with E-state index in [4.69, 9.17) is 5.73 Å². The molecule has 84 valence electrons. The summed E-state index contributed by atoms with van der Waals surface area (Å²) in [4.78, 5) is 10.1. The highest BCUT2D eigenvalue weighted by atomic mass is 32.1. The Kier molecular flexibility index (Phi) is 3.31. The normalized spacial score (nSPS) is 10.7. The van der Waals surface area contributed by atoms with E-state index in [-0.39, 0.29) is 0 Å². The molecular formula is C12H15N3S. The number of hydrogen-bond donors (Lipinski definition) is 1. The topological polar surface area (TPSA) is 51.8 Å². The molecule has 0 aliphatic carbocycles. The van der Waals surface area contributed by atoms with E-state index < -0.39 is 0 Å². The molecule has 0 radical (unpaired) electrons.